The number of nitrogens with zero attached hydrogens (tertiary/aromatic N) is 2. The molecule has 0 bridgehead atoms. The van der Waals surface area contributed by atoms with Crippen molar-refractivity contribution in [3.63, 3.8) is 0 Å². The van der Waals surface area contributed by atoms with E-state index in [0.29, 0.717) is 13.1 Å². The summed E-state index contributed by atoms with van der Waals surface area (Å²) in [6, 6.07) is -0.0117. The summed E-state index contributed by atoms with van der Waals surface area (Å²) in [5.74, 6) is -0.108. The first-order chi connectivity index (χ1) is 6.06. The maximum Gasteiger partial charge on any atom is 0.407 e. The second-order valence-electron chi connectivity index (χ2n) is 3.19. The van der Waals surface area contributed by atoms with Crippen LogP contribution in [0.2, 0.25) is 0 Å². The minimum absolute atomic E-state index is 0.00644. The molecule has 0 radical (unpaired) electrons. The lowest BCUT2D eigenvalue weighted by Gasteiger charge is -2.37. The molecule has 0 unspecified atom stereocenters. The maximum atomic E-state index is 11.4. The first kappa shape index (κ1) is 9.83. The van der Waals surface area contributed by atoms with Crippen LogP contribution in [0, 0.1) is 0 Å². The molecule has 1 N–H and O–H groups in total. The molecule has 0 aliphatic carbocycles. The lowest BCUT2D eigenvalue weighted by Crippen LogP contribution is -2.56. The molecule has 0 aromatic heterocycles. The van der Waals surface area contributed by atoms with Gasteiger partial charge in [-0.1, -0.05) is 0 Å². The third-order valence-electron chi connectivity index (χ3n) is 2.27. The fraction of sp³-hybridized carbons (Fsp3) is 0.750. The van der Waals surface area contributed by atoms with Gasteiger partial charge in [-0.3, -0.25) is 9.69 Å². The Labute approximate surface area is 76.9 Å². The summed E-state index contributed by atoms with van der Waals surface area (Å²) in [6.07, 6.45) is -1.02. The molecule has 5 heteroatoms. The predicted molar refractivity (Wildman–Crippen MR) is 46.4 cm³/mol. The van der Waals surface area contributed by atoms with Crippen LogP contribution in [0.3, 0.4) is 0 Å². The van der Waals surface area contributed by atoms with Crippen molar-refractivity contribution < 1.29 is 14.7 Å². The molecule has 74 valence electrons. The average Bonchev–Trinajstić information content (AvgIpc) is 2.03. The van der Waals surface area contributed by atoms with Gasteiger partial charge in [0.1, 0.15) is 6.54 Å². The summed E-state index contributed by atoms with van der Waals surface area (Å²) in [5.41, 5.74) is 0. The highest BCUT2D eigenvalue weighted by Crippen LogP contribution is 2.09. The van der Waals surface area contributed by atoms with E-state index in [4.69, 9.17) is 5.11 Å². The highest BCUT2D eigenvalue weighted by Gasteiger charge is 2.30. The SMILES string of the molecule is CCN1C(=O)CN(C(=O)O)C[C@@H]1C. The molecular formula is C8H14N2O3. The first-order valence-electron chi connectivity index (χ1n) is 4.33. The number of carboxylic acid groups (broad SMARTS) is 1. The Hall–Kier alpha value is -1.26. The molecule has 0 spiro atoms. The largest absolute Gasteiger partial charge is 0.465 e. The number of hydrogen-bond acceptors (Lipinski definition) is 2. The molecule has 0 aromatic carbocycles. The highest BCUT2D eigenvalue weighted by atomic mass is 16.4. The van der Waals surface area contributed by atoms with Gasteiger partial charge in [0.15, 0.2) is 0 Å². The number of piperazine rings is 1. The van der Waals surface area contributed by atoms with E-state index in [1.807, 2.05) is 13.8 Å². The normalized spacial score (nSPS) is 23.5. The fourth-order valence-electron chi connectivity index (χ4n) is 1.62. The molecule has 1 aliphatic rings. The smallest absolute Gasteiger partial charge is 0.407 e. The van der Waals surface area contributed by atoms with E-state index >= 15 is 0 Å². The van der Waals surface area contributed by atoms with Gasteiger partial charge in [0.25, 0.3) is 0 Å². The minimum Gasteiger partial charge on any atom is -0.465 e. The van der Waals surface area contributed by atoms with Crippen molar-refractivity contribution in [1.29, 1.82) is 0 Å². The van der Waals surface area contributed by atoms with Crippen LogP contribution >= 0.6 is 0 Å². The highest BCUT2D eigenvalue weighted by molar-refractivity contribution is 5.83. The van der Waals surface area contributed by atoms with Crippen molar-refractivity contribution in [2.24, 2.45) is 0 Å². The predicted octanol–water partition coefficient (Wildman–Crippen LogP) is 0.217. The van der Waals surface area contributed by atoms with Gasteiger partial charge in [-0.2, -0.15) is 0 Å². The lowest BCUT2D eigenvalue weighted by atomic mass is 10.2. The summed E-state index contributed by atoms with van der Waals surface area (Å²) < 4.78 is 0. The number of rotatable bonds is 1. The van der Waals surface area contributed by atoms with Crippen molar-refractivity contribution in [1.82, 2.24) is 9.80 Å². The Morgan fingerprint density at radius 2 is 2.31 bits per heavy atom. The summed E-state index contributed by atoms with van der Waals surface area (Å²) >= 11 is 0. The Morgan fingerprint density at radius 3 is 2.69 bits per heavy atom. The van der Waals surface area contributed by atoms with Gasteiger partial charge in [0.05, 0.1) is 0 Å². The number of amides is 2. The van der Waals surface area contributed by atoms with Gasteiger partial charge in [0.2, 0.25) is 5.91 Å². The summed E-state index contributed by atoms with van der Waals surface area (Å²) in [4.78, 5) is 24.8. The molecule has 1 aliphatic heterocycles. The van der Waals surface area contributed by atoms with Crippen LogP contribution in [-0.2, 0) is 4.79 Å². The molecule has 13 heavy (non-hydrogen) atoms. The van der Waals surface area contributed by atoms with E-state index in [1.54, 1.807) is 4.90 Å². The lowest BCUT2D eigenvalue weighted by molar-refractivity contribution is -0.137. The zero-order chi connectivity index (χ0) is 10.0. The van der Waals surface area contributed by atoms with E-state index < -0.39 is 6.09 Å². The van der Waals surface area contributed by atoms with Gasteiger partial charge in [-0.15, -0.1) is 0 Å². The van der Waals surface area contributed by atoms with Crippen molar-refractivity contribution in [2.45, 2.75) is 19.9 Å². The molecule has 0 aromatic rings. The topological polar surface area (TPSA) is 60.9 Å². The average molecular weight is 186 g/mol. The zero-order valence-electron chi connectivity index (χ0n) is 7.86. The summed E-state index contributed by atoms with van der Waals surface area (Å²) in [6.45, 7) is 4.80. The molecule has 1 saturated heterocycles. The van der Waals surface area contributed by atoms with Crippen LogP contribution < -0.4 is 0 Å². The van der Waals surface area contributed by atoms with Crippen LogP contribution in [0.25, 0.3) is 0 Å². The van der Waals surface area contributed by atoms with Crippen molar-refractivity contribution >= 4 is 12.0 Å². The summed E-state index contributed by atoms with van der Waals surface area (Å²) in [5, 5.41) is 8.69. The van der Waals surface area contributed by atoms with E-state index in [2.05, 4.69) is 0 Å². The molecule has 2 amide bonds. The van der Waals surface area contributed by atoms with E-state index in [1.165, 1.54) is 0 Å². The molecule has 5 nitrogen and oxygen atoms in total. The molecular weight excluding hydrogens is 172 g/mol. The van der Waals surface area contributed by atoms with E-state index in [-0.39, 0.29) is 18.5 Å². The van der Waals surface area contributed by atoms with E-state index in [9.17, 15) is 9.59 Å². The zero-order valence-corrected chi connectivity index (χ0v) is 7.86. The van der Waals surface area contributed by atoms with Gasteiger partial charge in [-0.05, 0) is 13.8 Å². The molecule has 0 saturated carbocycles. The number of carbonyl (C=O) groups is 2. The number of likely N-dealkylation sites (N-methyl/N-ethyl adjacent to an activating group) is 1. The van der Waals surface area contributed by atoms with Crippen LogP contribution in [0.1, 0.15) is 13.8 Å². The Kier molecular flexibility index (Phi) is 2.75. The molecule has 1 fully saturated rings. The Bertz CT molecular complexity index is 229. The second-order valence-corrected chi connectivity index (χ2v) is 3.19. The fourth-order valence-corrected chi connectivity index (χ4v) is 1.62. The van der Waals surface area contributed by atoms with Crippen LogP contribution in [-0.4, -0.2) is 52.6 Å². The van der Waals surface area contributed by atoms with Crippen LogP contribution in [0.5, 0.6) is 0 Å². The molecule has 1 rings (SSSR count). The number of hydrogen-bond donors (Lipinski definition) is 1. The summed E-state index contributed by atoms with van der Waals surface area (Å²) in [7, 11) is 0. The van der Waals surface area contributed by atoms with Crippen molar-refractivity contribution in [2.75, 3.05) is 19.6 Å². The van der Waals surface area contributed by atoms with E-state index in [0.717, 1.165) is 4.90 Å². The van der Waals surface area contributed by atoms with Crippen molar-refractivity contribution in [3.05, 3.63) is 0 Å². The second kappa shape index (κ2) is 3.64. The third-order valence-corrected chi connectivity index (χ3v) is 2.27. The number of carbonyl (C=O) groups excluding carboxylic acids is 1. The van der Waals surface area contributed by atoms with Gasteiger partial charge in [-0.25, -0.2) is 4.79 Å². The monoisotopic (exact) mass is 186 g/mol. The van der Waals surface area contributed by atoms with Crippen LogP contribution in [0.4, 0.5) is 4.79 Å². The Morgan fingerprint density at radius 1 is 1.69 bits per heavy atom. The maximum absolute atomic E-state index is 11.4. The molecule has 1 atom stereocenters. The standard InChI is InChI=1S/C8H14N2O3/c1-3-10-6(2)4-9(8(12)13)5-7(10)11/h6H,3-5H2,1-2H3,(H,12,13)/t6-/m0/s1. The first-order valence-corrected chi connectivity index (χ1v) is 4.33. The quantitative estimate of drug-likeness (QED) is 0.637. The Balaban J connectivity index is 2.67. The van der Waals surface area contributed by atoms with Gasteiger partial charge in [0, 0.05) is 19.1 Å². The van der Waals surface area contributed by atoms with Gasteiger partial charge >= 0.3 is 6.09 Å². The van der Waals surface area contributed by atoms with Crippen molar-refractivity contribution in [3.8, 4) is 0 Å². The molecule has 1 heterocycles. The van der Waals surface area contributed by atoms with Gasteiger partial charge < -0.3 is 10.0 Å². The van der Waals surface area contributed by atoms with Crippen LogP contribution in [0.15, 0.2) is 0 Å². The third kappa shape index (κ3) is 1.91. The minimum atomic E-state index is -1.02.